The Morgan fingerprint density at radius 3 is 2.45 bits per heavy atom. The lowest BCUT2D eigenvalue weighted by Gasteiger charge is -2.18. The van der Waals surface area contributed by atoms with E-state index in [1.807, 2.05) is 59.5 Å². The summed E-state index contributed by atoms with van der Waals surface area (Å²) in [6, 6.07) is 18.5. The topological polar surface area (TPSA) is 84.3 Å². The standard InChI is InChI=1S/C24H24N4O3/c1-17-14-21(29)23(26-28(17)20-10-3-2-4-11-20)24(31)25-15-18-8-5-6-9-19(18)16-27-13-7-12-22(27)30/h2-6,8-11,14H,7,12-13,15-16H2,1H3,(H,25,31). The van der Waals surface area contributed by atoms with Crippen molar-refractivity contribution in [3.05, 3.63) is 93.4 Å². The van der Waals surface area contributed by atoms with E-state index in [0.29, 0.717) is 18.7 Å². The van der Waals surface area contributed by atoms with Gasteiger partial charge in [-0.15, -0.1) is 0 Å². The number of carbonyl (C=O) groups excluding carboxylic acids is 2. The summed E-state index contributed by atoms with van der Waals surface area (Å²) in [4.78, 5) is 39.0. The largest absolute Gasteiger partial charge is 0.346 e. The highest BCUT2D eigenvalue weighted by Gasteiger charge is 2.21. The Morgan fingerprint density at radius 2 is 1.74 bits per heavy atom. The van der Waals surface area contributed by atoms with Gasteiger partial charge in [0.25, 0.3) is 5.91 Å². The van der Waals surface area contributed by atoms with Gasteiger partial charge >= 0.3 is 0 Å². The number of likely N-dealkylation sites (tertiary alicyclic amines) is 1. The van der Waals surface area contributed by atoms with Crippen LogP contribution in [0.3, 0.4) is 0 Å². The van der Waals surface area contributed by atoms with Crippen molar-refractivity contribution in [1.82, 2.24) is 20.0 Å². The molecule has 3 aromatic rings. The first kappa shape index (κ1) is 20.5. The Morgan fingerprint density at radius 1 is 1.03 bits per heavy atom. The van der Waals surface area contributed by atoms with Gasteiger partial charge in [0.15, 0.2) is 5.69 Å². The molecule has 2 amide bonds. The maximum atomic E-state index is 12.8. The van der Waals surface area contributed by atoms with E-state index < -0.39 is 11.3 Å². The number of amides is 2. The molecule has 158 valence electrons. The number of hydrogen-bond donors (Lipinski definition) is 1. The van der Waals surface area contributed by atoms with Crippen LogP contribution in [0, 0.1) is 6.92 Å². The first-order valence-electron chi connectivity index (χ1n) is 10.3. The third kappa shape index (κ3) is 4.55. The Kier molecular flexibility index (Phi) is 5.93. The van der Waals surface area contributed by atoms with Gasteiger partial charge in [0, 0.05) is 37.8 Å². The lowest BCUT2D eigenvalue weighted by molar-refractivity contribution is -0.128. The maximum Gasteiger partial charge on any atom is 0.276 e. The first-order chi connectivity index (χ1) is 15.0. The van der Waals surface area contributed by atoms with Crippen molar-refractivity contribution in [3.8, 4) is 5.69 Å². The normalized spacial score (nSPS) is 13.5. The van der Waals surface area contributed by atoms with Gasteiger partial charge in [0.05, 0.1) is 5.69 Å². The monoisotopic (exact) mass is 416 g/mol. The summed E-state index contributed by atoms with van der Waals surface area (Å²) in [6.07, 6.45) is 1.47. The highest BCUT2D eigenvalue weighted by Crippen LogP contribution is 2.17. The number of benzene rings is 2. The summed E-state index contributed by atoms with van der Waals surface area (Å²) in [5, 5.41) is 7.12. The van der Waals surface area contributed by atoms with E-state index in [4.69, 9.17) is 0 Å². The zero-order chi connectivity index (χ0) is 21.8. The number of nitrogens with one attached hydrogen (secondary N) is 1. The summed E-state index contributed by atoms with van der Waals surface area (Å²) in [5.74, 6) is -0.370. The van der Waals surface area contributed by atoms with E-state index in [9.17, 15) is 14.4 Å². The van der Waals surface area contributed by atoms with Crippen molar-refractivity contribution in [3.63, 3.8) is 0 Å². The van der Waals surface area contributed by atoms with Crippen LogP contribution in [0.1, 0.15) is 40.2 Å². The average molecular weight is 416 g/mol. The number of aryl methyl sites for hydroxylation is 1. The van der Waals surface area contributed by atoms with E-state index in [0.717, 1.165) is 29.8 Å². The zero-order valence-corrected chi connectivity index (χ0v) is 17.4. The van der Waals surface area contributed by atoms with Crippen molar-refractivity contribution in [2.45, 2.75) is 32.9 Å². The quantitative estimate of drug-likeness (QED) is 0.669. The SMILES string of the molecule is Cc1cc(=O)c(C(=O)NCc2ccccc2CN2CCCC2=O)nn1-c1ccccc1. The number of aromatic nitrogens is 2. The Hall–Kier alpha value is -3.74. The minimum absolute atomic E-state index is 0.151. The molecule has 1 fully saturated rings. The van der Waals surface area contributed by atoms with E-state index in [2.05, 4.69) is 10.4 Å². The fourth-order valence-electron chi connectivity index (χ4n) is 3.76. The summed E-state index contributed by atoms with van der Waals surface area (Å²) in [5.41, 5.74) is 2.74. The second kappa shape index (κ2) is 8.95. The molecule has 4 rings (SSSR count). The van der Waals surface area contributed by atoms with Gasteiger partial charge < -0.3 is 10.2 Å². The maximum absolute atomic E-state index is 12.8. The molecule has 1 saturated heterocycles. The fraction of sp³-hybridized carbons (Fsp3) is 0.250. The molecule has 0 spiro atoms. The summed E-state index contributed by atoms with van der Waals surface area (Å²) in [7, 11) is 0. The summed E-state index contributed by atoms with van der Waals surface area (Å²) >= 11 is 0. The molecule has 0 radical (unpaired) electrons. The molecule has 0 atom stereocenters. The molecule has 1 N–H and O–H groups in total. The zero-order valence-electron chi connectivity index (χ0n) is 17.4. The van der Waals surface area contributed by atoms with E-state index in [1.165, 1.54) is 6.07 Å². The molecule has 7 heteroatoms. The summed E-state index contributed by atoms with van der Waals surface area (Å²) in [6.45, 7) is 3.30. The van der Waals surface area contributed by atoms with Crippen LogP contribution < -0.4 is 10.7 Å². The van der Waals surface area contributed by atoms with Crippen molar-refractivity contribution in [2.24, 2.45) is 0 Å². The first-order valence-corrected chi connectivity index (χ1v) is 10.3. The van der Waals surface area contributed by atoms with Crippen LogP contribution in [0.25, 0.3) is 5.69 Å². The molecule has 31 heavy (non-hydrogen) atoms. The molecule has 1 aliphatic heterocycles. The molecule has 0 bridgehead atoms. The number of hydrogen-bond acceptors (Lipinski definition) is 4. The van der Waals surface area contributed by atoms with Gasteiger partial charge in [-0.3, -0.25) is 14.4 Å². The van der Waals surface area contributed by atoms with Gasteiger partial charge in [0.2, 0.25) is 11.3 Å². The van der Waals surface area contributed by atoms with Crippen molar-refractivity contribution >= 4 is 11.8 Å². The molecule has 2 aromatic carbocycles. The second-order valence-corrected chi connectivity index (χ2v) is 7.62. The molecular weight excluding hydrogens is 392 g/mol. The Balaban J connectivity index is 1.52. The Bertz CT molecular complexity index is 1170. The highest BCUT2D eigenvalue weighted by atomic mass is 16.2. The fourth-order valence-corrected chi connectivity index (χ4v) is 3.76. The molecule has 2 heterocycles. The van der Waals surface area contributed by atoms with Crippen LogP contribution in [-0.2, 0) is 17.9 Å². The highest BCUT2D eigenvalue weighted by molar-refractivity contribution is 5.92. The van der Waals surface area contributed by atoms with Crippen LogP contribution in [0.2, 0.25) is 0 Å². The van der Waals surface area contributed by atoms with E-state index in [-0.39, 0.29) is 18.1 Å². The lowest BCUT2D eigenvalue weighted by Crippen LogP contribution is -2.32. The predicted octanol–water partition coefficient (Wildman–Crippen LogP) is 2.59. The minimum Gasteiger partial charge on any atom is -0.346 e. The number of carbonyl (C=O) groups is 2. The number of para-hydroxylation sites is 1. The summed E-state index contributed by atoms with van der Waals surface area (Å²) < 4.78 is 1.59. The van der Waals surface area contributed by atoms with Gasteiger partial charge in [-0.2, -0.15) is 5.10 Å². The van der Waals surface area contributed by atoms with Crippen LogP contribution in [0.4, 0.5) is 0 Å². The van der Waals surface area contributed by atoms with Crippen molar-refractivity contribution < 1.29 is 9.59 Å². The van der Waals surface area contributed by atoms with Gasteiger partial charge in [0.1, 0.15) is 0 Å². The minimum atomic E-state index is -0.526. The molecule has 7 nitrogen and oxygen atoms in total. The number of rotatable bonds is 6. The van der Waals surface area contributed by atoms with Gasteiger partial charge in [-0.25, -0.2) is 4.68 Å². The van der Waals surface area contributed by atoms with E-state index >= 15 is 0 Å². The van der Waals surface area contributed by atoms with E-state index in [1.54, 1.807) is 11.6 Å². The van der Waals surface area contributed by atoms with Crippen molar-refractivity contribution in [1.29, 1.82) is 0 Å². The van der Waals surface area contributed by atoms with Gasteiger partial charge in [-0.05, 0) is 36.6 Å². The molecule has 1 aromatic heterocycles. The van der Waals surface area contributed by atoms with Crippen LogP contribution in [-0.4, -0.2) is 33.0 Å². The molecule has 0 saturated carbocycles. The average Bonchev–Trinajstić information content (AvgIpc) is 3.18. The molecule has 0 aliphatic carbocycles. The molecule has 1 aliphatic rings. The van der Waals surface area contributed by atoms with Crippen LogP contribution >= 0.6 is 0 Å². The molecule has 0 unspecified atom stereocenters. The second-order valence-electron chi connectivity index (χ2n) is 7.62. The number of nitrogens with zero attached hydrogens (tertiary/aromatic N) is 3. The molecular formula is C24H24N4O3. The third-order valence-electron chi connectivity index (χ3n) is 5.41. The third-order valence-corrected chi connectivity index (χ3v) is 5.41. The van der Waals surface area contributed by atoms with Gasteiger partial charge in [-0.1, -0.05) is 42.5 Å². The van der Waals surface area contributed by atoms with Crippen molar-refractivity contribution in [2.75, 3.05) is 6.54 Å². The van der Waals surface area contributed by atoms with Crippen LogP contribution in [0.5, 0.6) is 0 Å². The lowest BCUT2D eigenvalue weighted by atomic mass is 10.1. The Labute approximate surface area is 180 Å². The smallest absolute Gasteiger partial charge is 0.276 e. The predicted molar refractivity (Wildman–Crippen MR) is 117 cm³/mol. The van der Waals surface area contributed by atoms with Crippen LogP contribution in [0.15, 0.2) is 65.5 Å².